The Labute approximate surface area is 148 Å². The zero-order valence-electron chi connectivity index (χ0n) is 14.2. The van der Waals surface area contributed by atoms with Gasteiger partial charge in [-0.25, -0.2) is 4.79 Å². The second-order valence-electron chi connectivity index (χ2n) is 5.82. The van der Waals surface area contributed by atoms with Crippen LogP contribution in [0.3, 0.4) is 0 Å². The van der Waals surface area contributed by atoms with Gasteiger partial charge in [0, 0.05) is 13.1 Å². The SMILES string of the molecule is COC(=O)c1ccccc1-c1ccc(CNCc2ccccc2)cc1. The van der Waals surface area contributed by atoms with Gasteiger partial charge in [0.15, 0.2) is 0 Å². The molecule has 1 N–H and O–H groups in total. The van der Waals surface area contributed by atoms with E-state index in [4.69, 9.17) is 4.74 Å². The number of carbonyl (C=O) groups is 1. The van der Waals surface area contributed by atoms with Crippen molar-refractivity contribution >= 4 is 5.97 Å². The number of esters is 1. The number of hydrogen-bond donors (Lipinski definition) is 1. The van der Waals surface area contributed by atoms with Gasteiger partial charge in [-0.1, -0.05) is 72.8 Å². The maximum absolute atomic E-state index is 11.9. The summed E-state index contributed by atoms with van der Waals surface area (Å²) in [5.41, 5.74) is 4.95. The number of methoxy groups -OCH3 is 1. The zero-order valence-corrected chi connectivity index (χ0v) is 14.2. The van der Waals surface area contributed by atoms with Crippen LogP contribution in [-0.2, 0) is 17.8 Å². The molecular formula is C22H21NO2. The van der Waals surface area contributed by atoms with Crippen molar-refractivity contribution in [3.05, 3.63) is 95.6 Å². The molecule has 0 aromatic heterocycles. The van der Waals surface area contributed by atoms with Gasteiger partial charge in [-0.15, -0.1) is 0 Å². The van der Waals surface area contributed by atoms with Crippen LogP contribution in [0.25, 0.3) is 11.1 Å². The second kappa shape index (κ2) is 8.27. The minimum absolute atomic E-state index is 0.316. The number of benzene rings is 3. The first kappa shape index (κ1) is 16.9. The summed E-state index contributed by atoms with van der Waals surface area (Å²) in [6, 6.07) is 26.1. The number of ether oxygens (including phenoxy) is 1. The molecule has 3 aromatic carbocycles. The van der Waals surface area contributed by atoms with Crippen LogP contribution in [-0.4, -0.2) is 13.1 Å². The van der Waals surface area contributed by atoms with Gasteiger partial charge in [-0.05, 0) is 28.3 Å². The molecule has 3 nitrogen and oxygen atoms in total. The minimum Gasteiger partial charge on any atom is -0.465 e. The molecule has 3 aromatic rings. The molecule has 3 heteroatoms. The van der Waals surface area contributed by atoms with Gasteiger partial charge in [0.2, 0.25) is 0 Å². The highest BCUT2D eigenvalue weighted by Crippen LogP contribution is 2.24. The van der Waals surface area contributed by atoms with Crippen LogP contribution in [0.15, 0.2) is 78.9 Å². The Morgan fingerprint density at radius 2 is 1.40 bits per heavy atom. The van der Waals surface area contributed by atoms with Crippen molar-refractivity contribution in [3.63, 3.8) is 0 Å². The molecule has 0 aliphatic carbocycles. The highest BCUT2D eigenvalue weighted by molar-refractivity contribution is 5.97. The van der Waals surface area contributed by atoms with E-state index in [0.29, 0.717) is 5.56 Å². The average molecular weight is 331 g/mol. The van der Waals surface area contributed by atoms with E-state index in [1.54, 1.807) is 6.07 Å². The number of carbonyl (C=O) groups excluding carboxylic acids is 1. The molecule has 25 heavy (non-hydrogen) atoms. The predicted molar refractivity (Wildman–Crippen MR) is 100 cm³/mol. The summed E-state index contributed by atoms with van der Waals surface area (Å²) in [7, 11) is 1.40. The Morgan fingerprint density at radius 1 is 0.800 bits per heavy atom. The van der Waals surface area contributed by atoms with E-state index in [0.717, 1.165) is 24.2 Å². The molecule has 3 rings (SSSR count). The molecule has 126 valence electrons. The first-order chi connectivity index (χ1) is 12.3. The van der Waals surface area contributed by atoms with Crippen molar-refractivity contribution < 1.29 is 9.53 Å². The van der Waals surface area contributed by atoms with E-state index in [-0.39, 0.29) is 5.97 Å². The standard InChI is InChI=1S/C22H21NO2/c1-25-22(24)21-10-6-5-9-20(21)19-13-11-18(12-14-19)16-23-15-17-7-3-2-4-8-17/h2-14,23H,15-16H2,1H3. The lowest BCUT2D eigenvalue weighted by Crippen LogP contribution is -2.12. The number of rotatable bonds is 6. The van der Waals surface area contributed by atoms with Crippen molar-refractivity contribution in [3.8, 4) is 11.1 Å². The topological polar surface area (TPSA) is 38.3 Å². The molecular weight excluding hydrogens is 310 g/mol. The molecule has 0 saturated heterocycles. The van der Waals surface area contributed by atoms with Gasteiger partial charge in [0.25, 0.3) is 0 Å². The summed E-state index contributed by atoms with van der Waals surface area (Å²) in [5.74, 6) is -0.316. The molecule has 0 fully saturated rings. The van der Waals surface area contributed by atoms with Gasteiger partial charge >= 0.3 is 5.97 Å². The van der Waals surface area contributed by atoms with Gasteiger partial charge in [-0.3, -0.25) is 0 Å². The molecule has 0 aliphatic rings. The molecule has 0 radical (unpaired) electrons. The van der Waals surface area contributed by atoms with Gasteiger partial charge < -0.3 is 10.1 Å². The monoisotopic (exact) mass is 331 g/mol. The fourth-order valence-corrected chi connectivity index (χ4v) is 2.77. The van der Waals surface area contributed by atoms with Crippen LogP contribution in [0, 0.1) is 0 Å². The second-order valence-corrected chi connectivity index (χ2v) is 5.82. The highest BCUT2D eigenvalue weighted by Gasteiger charge is 2.12. The van der Waals surface area contributed by atoms with E-state index in [9.17, 15) is 4.79 Å². The largest absolute Gasteiger partial charge is 0.465 e. The van der Waals surface area contributed by atoms with Crippen LogP contribution >= 0.6 is 0 Å². The Balaban J connectivity index is 1.68. The Hall–Kier alpha value is -2.91. The minimum atomic E-state index is -0.316. The van der Waals surface area contributed by atoms with Crippen molar-refractivity contribution in [1.29, 1.82) is 0 Å². The fourth-order valence-electron chi connectivity index (χ4n) is 2.77. The molecule has 0 saturated carbocycles. The summed E-state index contributed by atoms with van der Waals surface area (Å²) in [4.78, 5) is 11.9. The van der Waals surface area contributed by atoms with Crippen LogP contribution in [0.1, 0.15) is 21.5 Å². The van der Waals surface area contributed by atoms with E-state index < -0.39 is 0 Å². The lowest BCUT2D eigenvalue weighted by Gasteiger charge is -2.09. The number of hydrogen-bond acceptors (Lipinski definition) is 3. The van der Waals surface area contributed by atoms with Crippen LogP contribution in [0.5, 0.6) is 0 Å². The third-order valence-electron chi connectivity index (χ3n) is 4.10. The zero-order chi connectivity index (χ0) is 17.5. The van der Waals surface area contributed by atoms with Crippen LogP contribution in [0.2, 0.25) is 0 Å². The number of nitrogens with one attached hydrogen (secondary N) is 1. The van der Waals surface area contributed by atoms with Crippen LogP contribution < -0.4 is 5.32 Å². The lowest BCUT2D eigenvalue weighted by molar-refractivity contribution is 0.0601. The molecule has 0 unspecified atom stereocenters. The van der Waals surface area contributed by atoms with Gasteiger partial charge in [0.05, 0.1) is 12.7 Å². The third-order valence-corrected chi connectivity index (χ3v) is 4.10. The van der Waals surface area contributed by atoms with E-state index >= 15 is 0 Å². The fraction of sp³-hybridized carbons (Fsp3) is 0.136. The summed E-state index contributed by atoms with van der Waals surface area (Å²) in [6.45, 7) is 1.64. The Bertz CT molecular complexity index is 826. The highest BCUT2D eigenvalue weighted by atomic mass is 16.5. The lowest BCUT2D eigenvalue weighted by atomic mass is 9.98. The van der Waals surface area contributed by atoms with Crippen molar-refractivity contribution in [1.82, 2.24) is 5.32 Å². The average Bonchev–Trinajstić information content (AvgIpc) is 2.69. The third kappa shape index (κ3) is 4.34. The molecule has 0 amide bonds. The summed E-state index contributed by atoms with van der Waals surface area (Å²) >= 11 is 0. The first-order valence-electron chi connectivity index (χ1n) is 8.29. The normalized spacial score (nSPS) is 10.4. The maximum atomic E-state index is 11.9. The summed E-state index contributed by atoms with van der Waals surface area (Å²) in [6.07, 6.45) is 0. The van der Waals surface area contributed by atoms with Crippen molar-refractivity contribution in [2.24, 2.45) is 0 Å². The Kier molecular flexibility index (Phi) is 5.60. The van der Waals surface area contributed by atoms with Gasteiger partial charge in [-0.2, -0.15) is 0 Å². The summed E-state index contributed by atoms with van der Waals surface area (Å²) < 4.78 is 4.87. The van der Waals surface area contributed by atoms with E-state index in [1.807, 2.05) is 48.5 Å². The molecule has 0 bridgehead atoms. The predicted octanol–water partition coefficient (Wildman–Crippen LogP) is 4.43. The molecule has 0 heterocycles. The van der Waals surface area contributed by atoms with Crippen LogP contribution in [0.4, 0.5) is 0 Å². The molecule has 0 atom stereocenters. The maximum Gasteiger partial charge on any atom is 0.338 e. The first-order valence-corrected chi connectivity index (χ1v) is 8.29. The molecule has 0 aliphatic heterocycles. The summed E-state index contributed by atoms with van der Waals surface area (Å²) in [5, 5.41) is 3.44. The smallest absolute Gasteiger partial charge is 0.338 e. The quantitative estimate of drug-likeness (QED) is 0.679. The van der Waals surface area contributed by atoms with Crippen molar-refractivity contribution in [2.75, 3.05) is 7.11 Å². The Morgan fingerprint density at radius 3 is 2.08 bits per heavy atom. The van der Waals surface area contributed by atoms with Gasteiger partial charge in [0.1, 0.15) is 0 Å². The molecule has 0 spiro atoms. The van der Waals surface area contributed by atoms with Crippen molar-refractivity contribution in [2.45, 2.75) is 13.1 Å². The van der Waals surface area contributed by atoms with E-state index in [1.165, 1.54) is 18.2 Å². The van der Waals surface area contributed by atoms with E-state index in [2.05, 4.69) is 29.6 Å².